The van der Waals surface area contributed by atoms with Crippen LogP contribution in [0.2, 0.25) is 0 Å². The molecule has 0 bridgehead atoms. The second kappa shape index (κ2) is 4.54. The highest BCUT2D eigenvalue weighted by atomic mass is 32.2. The molecule has 0 aromatic heterocycles. The number of primary sulfonamides is 1. The fourth-order valence-electron chi connectivity index (χ4n) is 1.16. The molecular formula is C9H14N2O2S. The van der Waals surface area contributed by atoms with E-state index in [0.29, 0.717) is 6.42 Å². The molecule has 0 heterocycles. The summed E-state index contributed by atoms with van der Waals surface area (Å²) < 4.78 is 21.4. The van der Waals surface area contributed by atoms with Crippen LogP contribution in [0.3, 0.4) is 0 Å². The van der Waals surface area contributed by atoms with E-state index in [-0.39, 0.29) is 11.8 Å². The van der Waals surface area contributed by atoms with E-state index in [1.165, 1.54) is 0 Å². The van der Waals surface area contributed by atoms with Crippen molar-refractivity contribution < 1.29 is 8.42 Å². The lowest BCUT2D eigenvalue weighted by Crippen LogP contribution is -2.21. The number of sulfonamides is 1. The van der Waals surface area contributed by atoms with Gasteiger partial charge < -0.3 is 5.73 Å². The van der Waals surface area contributed by atoms with E-state index in [2.05, 4.69) is 0 Å². The van der Waals surface area contributed by atoms with Crippen molar-refractivity contribution in [3.63, 3.8) is 0 Å². The molecule has 4 nitrogen and oxygen atoms in total. The van der Waals surface area contributed by atoms with Crippen molar-refractivity contribution >= 4 is 10.0 Å². The predicted octanol–water partition coefficient (Wildman–Crippen LogP) is 0.365. The Balaban J connectivity index is 2.56. The first-order valence-corrected chi connectivity index (χ1v) is 6.01. The third-order valence-corrected chi connectivity index (χ3v) is 2.75. The molecule has 1 aromatic rings. The van der Waals surface area contributed by atoms with Crippen LogP contribution < -0.4 is 10.9 Å². The lowest BCUT2D eigenvalue weighted by molar-refractivity contribution is 0.588. The zero-order chi connectivity index (χ0) is 10.6. The van der Waals surface area contributed by atoms with Crippen molar-refractivity contribution in [1.29, 1.82) is 0 Å². The number of rotatable bonds is 4. The van der Waals surface area contributed by atoms with E-state index in [1.54, 1.807) is 0 Å². The lowest BCUT2D eigenvalue weighted by atomic mass is 10.1. The molecule has 5 heteroatoms. The van der Waals surface area contributed by atoms with Crippen molar-refractivity contribution in [3.8, 4) is 0 Å². The first kappa shape index (κ1) is 11.2. The van der Waals surface area contributed by atoms with Gasteiger partial charge >= 0.3 is 0 Å². The van der Waals surface area contributed by atoms with Crippen LogP contribution >= 0.6 is 0 Å². The fourth-order valence-corrected chi connectivity index (χ4v) is 1.74. The van der Waals surface area contributed by atoms with Crippen molar-refractivity contribution in [3.05, 3.63) is 35.9 Å². The highest BCUT2D eigenvalue weighted by Gasteiger charge is 2.09. The maximum Gasteiger partial charge on any atom is 0.209 e. The van der Waals surface area contributed by atoms with E-state index < -0.39 is 10.0 Å². The van der Waals surface area contributed by atoms with E-state index >= 15 is 0 Å². The zero-order valence-corrected chi connectivity index (χ0v) is 8.57. The summed E-state index contributed by atoms with van der Waals surface area (Å²) in [7, 11) is -3.41. The maximum atomic E-state index is 10.7. The average Bonchev–Trinajstić information content (AvgIpc) is 2.14. The highest BCUT2D eigenvalue weighted by Crippen LogP contribution is 2.13. The molecule has 0 aliphatic rings. The predicted molar refractivity (Wildman–Crippen MR) is 56.0 cm³/mol. The van der Waals surface area contributed by atoms with Gasteiger partial charge in [0.25, 0.3) is 0 Å². The molecule has 0 spiro atoms. The Hall–Kier alpha value is -0.910. The molecule has 0 fully saturated rings. The number of nitrogens with two attached hydrogens (primary N) is 2. The van der Waals surface area contributed by atoms with E-state index in [1.807, 2.05) is 30.3 Å². The minimum atomic E-state index is -3.41. The number of hydrogen-bond donors (Lipinski definition) is 2. The van der Waals surface area contributed by atoms with E-state index in [4.69, 9.17) is 10.9 Å². The average molecular weight is 214 g/mol. The summed E-state index contributed by atoms with van der Waals surface area (Å²) in [5.41, 5.74) is 6.71. The molecule has 0 aliphatic carbocycles. The second-order valence-corrected chi connectivity index (χ2v) is 4.91. The molecule has 1 aromatic carbocycles. The quantitative estimate of drug-likeness (QED) is 0.759. The summed E-state index contributed by atoms with van der Waals surface area (Å²) in [4.78, 5) is 0. The summed E-state index contributed by atoms with van der Waals surface area (Å²) in [6.45, 7) is 0. The summed E-state index contributed by atoms with van der Waals surface area (Å²) in [5.74, 6) is -0.0803. The summed E-state index contributed by atoms with van der Waals surface area (Å²) in [6.07, 6.45) is 0.350. The van der Waals surface area contributed by atoms with Gasteiger partial charge in [-0.15, -0.1) is 0 Å². The van der Waals surface area contributed by atoms with Crippen LogP contribution in [-0.4, -0.2) is 14.2 Å². The van der Waals surface area contributed by atoms with Gasteiger partial charge in [-0.05, 0) is 12.0 Å². The largest absolute Gasteiger partial charge is 0.324 e. The third-order valence-electron chi connectivity index (χ3n) is 1.94. The number of hydrogen-bond acceptors (Lipinski definition) is 3. The topological polar surface area (TPSA) is 86.2 Å². The van der Waals surface area contributed by atoms with Crippen LogP contribution in [0.4, 0.5) is 0 Å². The Kier molecular flexibility index (Phi) is 3.62. The van der Waals surface area contributed by atoms with Gasteiger partial charge in [0.05, 0.1) is 5.75 Å². The van der Waals surface area contributed by atoms with Crippen molar-refractivity contribution in [2.45, 2.75) is 12.5 Å². The molecule has 0 radical (unpaired) electrons. The van der Waals surface area contributed by atoms with Gasteiger partial charge in [-0.25, -0.2) is 13.6 Å². The molecule has 1 rings (SSSR count). The molecule has 0 saturated heterocycles. The smallest absolute Gasteiger partial charge is 0.209 e. The van der Waals surface area contributed by atoms with Gasteiger partial charge in [0.15, 0.2) is 0 Å². The molecule has 1 unspecified atom stereocenters. The standard InChI is InChI=1S/C9H14N2O2S/c10-9(6-7-14(11,12)13)8-4-2-1-3-5-8/h1-5,9H,6-7,10H2,(H2,11,12,13). The summed E-state index contributed by atoms with van der Waals surface area (Å²) in [5, 5.41) is 4.88. The Morgan fingerprint density at radius 3 is 2.29 bits per heavy atom. The number of benzene rings is 1. The highest BCUT2D eigenvalue weighted by molar-refractivity contribution is 7.89. The minimum Gasteiger partial charge on any atom is -0.324 e. The van der Waals surface area contributed by atoms with Gasteiger partial charge in [0.2, 0.25) is 10.0 Å². The van der Waals surface area contributed by atoms with Crippen molar-refractivity contribution in [1.82, 2.24) is 0 Å². The van der Waals surface area contributed by atoms with Crippen LogP contribution in [0.25, 0.3) is 0 Å². The Labute approximate surface area is 84.0 Å². The molecule has 1 atom stereocenters. The van der Waals surface area contributed by atoms with Crippen molar-refractivity contribution in [2.75, 3.05) is 5.75 Å². The van der Waals surface area contributed by atoms with Gasteiger partial charge in [-0.2, -0.15) is 0 Å². The summed E-state index contributed by atoms with van der Waals surface area (Å²) in [6, 6.07) is 9.09. The van der Waals surface area contributed by atoms with Crippen LogP contribution in [-0.2, 0) is 10.0 Å². The van der Waals surface area contributed by atoms with Gasteiger partial charge in [-0.3, -0.25) is 0 Å². The van der Waals surface area contributed by atoms with Crippen LogP contribution in [0.15, 0.2) is 30.3 Å². The fraction of sp³-hybridized carbons (Fsp3) is 0.333. The van der Waals surface area contributed by atoms with E-state index in [9.17, 15) is 8.42 Å². The van der Waals surface area contributed by atoms with Crippen LogP contribution in [0.1, 0.15) is 18.0 Å². The SMILES string of the molecule is NC(CCS(N)(=O)=O)c1ccccc1. The second-order valence-electron chi connectivity index (χ2n) is 3.17. The molecular weight excluding hydrogens is 200 g/mol. The summed E-state index contributed by atoms with van der Waals surface area (Å²) >= 11 is 0. The molecule has 4 N–H and O–H groups in total. The molecule has 78 valence electrons. The monoisotopic (exact) mass is 214 g/mol. The Morgan fingerprint density at radius 1 is 1.21 bits per heavy atom. The molecule has 0 aliphatic heterocycles. The minimum absolute atomic E-state index is 0.0803. The third kappa shape index (κ3) is 3.87. The maximum absolute atomic E-state index is 10.7. The van der Waals surface area contributed by atoms with Crippen molar-refractivity contribution in [2.24, 2.45) is 10.9 Å². The lowest BCUT2D eigenvalue weighted by Gasteiger charge is -2.10. The first-order chi connectivity index (χ1) is 6.49. The molecule has 0 saturated carbocycles. The molecule has 0 amide bonds. The Morgan fingerprint density at radius 2 is 1.79 bits per heavy atom. The zero-order valence-electron chi connectivity index (χ0n) is 7.76. The first-order valence-electron chi connectivity index (χ1n) is 4.30. The van der Waals surface area contributed by atoms with Crippen LogP contribution in [0.5, 0.6) is 0 Å². The van der Waals surface area contributed by atoms with Crippen LogP contribution in [0, 0.1) is 0 Å². The molecule has 14 heavy (non-hydrogen) atoms. The van der Waals surface area contributed by atoms with Gasteiger partial charge in [0.1, 0.15) is 0 Å². The van der Waals surface area contributed by atoms with Gasteiger partial charge in [-0.1, -0.05) is 30.3 Å². The van der Waals surface area contributed by atoms with Gasteiger partial charge in [0, 0.05) is 6.04 Å². The normalized spacial score (nSPS) is 13.9. The Bertz CT molecular complexity index is 375. The van der Waals surface area contributed by atoms with E-state index in [0.717, 1.165) is 5.56 Å².